The fraction of sp³-hybridized carbons (Fsp3) is 0.333. The van der Waals surface area contributed by atoms with E-state index >= 15 is 0 Å². The molecule has 1 heterocycles. The first-order valence-corrected chi connectivity index (χ1v) is 7.29. The van der Waals surface area contributed by atoms with E-state index in [9.17, 15) is 0 Å². The van der Waals surface area contributed by atoms with E-state index in [-0.39, 0.29) is 0 Å². The zero-order valence-corrected chi connectivity index (χ0v) is 12.6. The van der Waals surface area contributed by atoms with Crippen molar-refractivity contribution < 1.29 is 4.74 Å². The van der Waals surface area contributed by atoms with Crippen LogP contribution in [0.4, 0.5) is 0 Å². The zero-order chi connectivity index (χ0) is 13.5. The van der Waals surface area contributed by atoms with Crippen molar-refractivity contribution in [3.05, 3.63) is 41.1 Å². The van der Waals surface area contributed by atoms with Crippen molar-refractivity contribution in [2.45, 2.75) is 26.2 Å². The number of benzene rings is 1. The summed E-state index contributed by atoms with van der Waals surface area (Å²) in [6, 6.07) is 8.00. The van der Waals surface area contributed by atoms with Gasteiger partial charge in [-0.15, -0.1) is 0 Å². The number of aromatic nitrogens is 2. The number of halogens is 1. The zero-order valence-electron chi connectivity index (χ0n) is 11.0. The molecule has 3 nitrogen and oxygen atoms in total. The maximum Gasteiger partial charge on any atom is 0.232 e. The van der Waals surface area contributed by atoms with Crippen molar-refractivity contribution >= 4 is 15.9 Å². The predicted molar refractivity (Wildman–Crippen MR) is 80.2 cm³/mol. The Morgan fingerprint density at radius 1 is 1.05 bits per heavy atom. The second kappa shape index (κ2) is 7.24. The molecule has 1 aromatic carbocycles. The number of unbranched alkanes of at least 4 members (excludes halogenated alkanes) is 2. The lowest BCUT2D eigenvalue weighted by molar-refractivity contribution is 0.293. The summed E-state index contributed by atoms with van der Waals surface area (Å²) in [5.74, 6) is 0.594. The molecule has 0 aliphatic heterocycles. The van der Waals surface area contributed by atoms with Crippen molar-refractivity contribution in [1.29, 1.82) is 0 Å². The lowest BCUT2D eigenvalue weighted by Crippen LogP contribution is -1.99. The third-order valence-corrected chi connectivity index (χ3v) is 3.29. The fourth-order valence-corrected chi connectivity index (χ4v) is 1.95. The Morgan fingerprint density at radius 3 is 2.47 bits per heavy atom. The molecule has 0 fully saturated rings. The maximum atomic E-state index is 5.54. The Hall–Kier alpha value is -1.42. The summed E-state index contributed by atoms with van der Waals surface area (Å²) in [6.45, 7) is 2.88. The minimum absolute atomic E-state index is 0.594. The van der Waals surface area contributed by atoms with Crippen molar-refractivity contribution in [2.75, 3.05) is 6.61 Å². The van der Waals surface area contributed by atoms with Crippen LogP contribution in [0, 0.1) is 0 Å². The predicted octanol–water partition coefficient (Wildman–Crippen LogP) is 4.48. The summed E-state index contributed by atoms with van der Waals surface area (Å²) >= 11 is 3.41. The van der Waals surface area contributed by atoms with Crippen molar-refractivity contribution in [1.82, 2.24) is 9.97 Å². The van der Waals surface area contributed by atoms with Crippen molar-refractivity contribution in [3.63, 3.8) is 0 Å². The summed E-state index contributed by atoms with van der Waals surface area (Å²) in [5.41, 5.74) is 1.90. The minimum atomic E-state index is 0.594. The van der Waals surface area contributed by atoms with Crippen LogP contribution in [0.2, 0.25) is 0 Å². The number of ether oxygens (including phenoxy) is 1. The van der Waals surface area contributed by atoms with Gasteiger partial charge in [0.25, 0.3) is 0 Å². The molecule has 0 atom stereocenters. The standard InChI is InChI=1S/C15H17BrN2O/c1-2-3-4-9-19-15-11-17-14(10-18-15)12-5-7-13(16)8-6-12/h5-8,10-11H,2-4,9H2,1H3. The van der Waals surface area contributed by atoms with Gasteiger partial charge in [0, 0.05) is 10.0 Å². The van der Waals surface area contributed by atoms with Gasteiger partial charge in [-0.2, -0.15) is 0 Å². The number of hydrogen-bond donors (Lipinski definition) is 0. The third kappa shape index (κ3) is 4.31. The molecule has 0 saturated carbocycles. The van der Waals surface area contributed by atoms with Crippen LogP contribution in [0.3, 0.4) is 0 Å². The van der Waals surface area contributed by atoms with E-state index in [2.05, 4.69) is 32.8 Å². The summed E-state index contributed by atoms with van der Waals surface area (Å²) < 4.78 is 6.59. The largest absolute Gasteiger partial charge is 0.477 e. The Balaban J connectivity index is 1.96. The van der Waals surface area contributed by atoms with Crippen molar-refractivity contribution in [2.24, 2.45) is 0 Å². The molecule has 0 saturated heterocycles. The van der Waals surface area contributed by atoms with E-state index in [1.807, 2.05) is 24.3 Å². The first-order chi connectivity index (χ1) is 9.29. The molecule has 100 valence electrons. The second-order valence-electron chi connectivity index (χ2n) is 4.30. The molecular weight excluding hydrogens is 304 g/mol. The quantitative estimate of drug-likeness (QED) is 0.736. The van der Waals surface area contributed by atoms with Gasteiger partial charge < -0.3 is 4.74 Å². The van der Waals surface area contributed by atoms with Crippen LogP contribution in [0.5, 0.6) is 5.88 Å². The molecule has 0 aliphatic rings. The highest BCUT2D eigenvalue weighted by Gasteiger charge is 2.01. The average Bonchev–Trinajstić information content (AvgIpc) is 2.45. The first kappa shape index (κ1) is 14.0. The Kier molecular flexibility index (Phi) is 5.33. The molecule has 0 unspecified atom stereocenters. The monoisotopic (exact) mass is 320 g/mol. The normalized spacial score (nSPS) is 10.4. The molecule has 19 heavy (non-hydrogen) atoms. The molecule has 0 radical (unpaired) electrons. The Morgan fingerprint density at radius 2 is 1.84 bits per heavy atom. The molecule has 2 rings (SSSR count). The summed E-state index contributed by atoms with van der Waals surface area (Å²) in [7, 11) is 0. The van der Waals surface area contributed by atoms with Gasteiger partial charge in [0.2, 0.25) is 5.88 Å². The highest BCUT2D eigenvalue weighted by atomic mass is 79.9. The van der Waals surface area contributed by atoms with Gasteiger partial charge in [-0.1, -0.05) is 47.8 Å². The fourth-order valence-electron chi connectivity index (χ4n) is 1.69. The first-order valence-electron chi connectivity index (χ1n) is 6.50. The van der Waals surface area contributed by atoms with Crippen LogP contribution >= 0.6 is 15.9 Å². The third-order valence-electron chi connectivity index (χ3n) is 2.77. The average molecular weight is 321 g/mol. The lowest BCUT2D eigenvalue weighted by Gasteiger charge is -2.05. The van der Waals surface area contributed by atoms with Gasteiger partial charge in [0.05, 0.1) is 24.7 Å². The van der Waals surface area contributed by atoms with Crippen molar-refractivity contribution in [3.8, 4) is 17.1 Å². The molecule has 4 heteroatoms. The van der Waals surface area contributed by atoms with Gasteiger partial charge in [-0.05, 0) is 18.6 Å². The van der Waals surface area contributed by atoms with Crippen LogP contribution in [0.1, 0.15) is 26.2 Å². The molecule has 0 aliphatic carbocycles. The van der Waals surface area contributed by atoms with Crippen LogP contribution in [-0.2, 0) is 0 Å². The van der Waals surface area contributed by atoms with E-state index in [1.165, 1.54) is 12.8 Å². The summed E-state index contributed by atoms with van der Waals surface area (Å²) in [4.78, 5) is 8.65. The van der Waals surface area contributed by atoms with Crippen LogP contribution < -0.4 is 4.74 Å². The number of nitrogens with zero attached hydrogens (tertiary/aromatic N) is 2. The Labute approximate surface area is 122 Å². The van der Waals surface area contributed by atoms with Gasteiger partial charge in [-0.3, -0.25) is 0 Å². The molecule has 0 bridgehead atoms. The van der Waals surface area contributed by atoms with Gasteiger partial charge >= 0.3 is 0 Å². The molecule has 0 spiro atoms. The Bertz CT molecular complexity index is 497. The number of rotatable bonds is 6. The SMILES string of the molecule is CCCCCOc1cnc(-c2ccc(Br)cc2)cn1. The number of hydrogen-bond acceptors (Lipinski definition) is 3. The second-order valence-corrected chi connectivity index (χ2v) is 5.22. The minimum Gasteiger partial charge on any atom is -0.477 e. The van der Waals surface area contributed by atoms with E-state index in [4.69, 9.17) is 4.74 Å². The molecule has 0 N–H and O–H groups in total. The van der Waals surface area contributed by atoms with Crippen LogP contribution in [0.15, 0.2) is 41.1 Å². The maximum absolute atomic E-state index is 5.54. The highest BCUT2D eigenvalue weighted by Crippen LogP contribution is 2.20. The molecule has 1 aromatic heterocycles. The van der Waals surface area contributed by atoms with Gasteiger partial charge in [0.1, 0.15) is 0 Å². The summed E-state index contributed by atoms with van der Waals surface area (Å²) in [6.07, 6.45) is 6.87. The van der Waals surface area contributed by atoms with E-state index in [0.29, 0.717) is 12.5 Å². The van der Waals surface area contributed by atoms with E-state index < -0.39 is 0 Å². The topological polar surface area (TPSA) is 35.0 Å². The van der Waals surface area contributed by atoms with E-state index in [0.717, 1.165) is 22.2 Å². The lowest BCUT2D eigenvalue weighted by atomic mass is 10.2. The molecular formula is C15H17BrN2O. The van der Waals surface area contributed by atoms with Crippen LogP contribution in [0.25, 0.3) is 11.3 Å². The molecule has 2 aromatic rings. The van der Waals surface area contributed by atoms with Gasteiger partial charge in [0.15, 0.2) is 0 Å². The summed E-state index contributed by atoms with van der Waals surface area (Å²) in [5, 5.41) is 0. The van der Waals surface area contributed by atoms with Crippen LogP contribution in [-0.4, -0.2) is 16.6 Å². The highest BCUT2D eigenvalue weighted by molar-refractivity contribution is 9.10. The molecule has 0 amide bonds. The van der Waals surface area contributed by atoms with Gasteiger partial charge in [-0.25, -0.2) is 9.97 Å². The van der Waals surface area contributed by atoms with E-state index in [1.54, 1.807) is 12.4 Å². The smallest absolute Gasteiger partial charge is 0.232 e.